The summed E-state index contributed by atoms with van der Waals surface area (Å²) in [6.07, 6.45) is 0.763. The molecular formula is C13H19N3O3. The van der Waals surface area contributed by atoms with Crippen LogP contribution in [0.2, 0.25) is 0 Å². The molecule has 0 aliphatic heterocycles. The predicted molar refractivity (Wildman–Crippen MR) is 72.1 cm³/mol. The molecule has 0 atom stereocenters. The molecule has 6 nitrogen and oxygen atoms in total. The summed E-state index contributed by atoms with van der Waals surface area (Å²) in [6, 6.07) is 2.98. The van der Waals surface area contributed by atoms with Crippen LogP contribution >= 0.6 is 0 Å². The van der Waals surface area contributed by atoms with Crippen molar-refractivity contribution in [1.29, 1.82) is 0 Å². The monoisotopic (exact) mass is 265 g/mol. The van der Waals surface area contributed by atoms with Crippen molar-refractivity contribution in [2.45, 2.75) is 39.2 Å². The van der Waals surface area contributed by atoms with Crippen LogP contribution in [0.3, 0.4) is 0 Å². The molecular weight excluding hydrogens is 246 g/mol. The van der Waals surface area contributed by atoms with Crippen LogP contribution in [0, 0.1) is 0 Å². The topological polar surface area (TPSA) is 105 Å². The van der Waals surface area contributed by atoms with Gasteiger partial charge in [0.05, 0.1) is 5.56 Å². The molecule has 1 amide bonds. The first-order chi connectivity index (χ1) is 8.73. The van der Waals surface area contributed by atoms with Gasteiger partial charge in [0.2, 0.25) is 5.91 Å². The molecule has 0 bridgehead atoms. The van der Waals surface area contributed by atoms with Crippen LogP contribution in [-0.2, 0) is 11.2 Å². The van der Waals surface area contributed by atoms with E-state index in [1.165, 1.54) is 12.1 Å². The molecule has 0 aliphatic rings. The Morgan fingerprint density at radius 2 is 2.05 bits per heavy atom. The summed E-state index contributed by atoms with van der Waals surface area (Å²) >= 11 is 0. The zero-order valence-corrected chi connectivity index (χ0v) is 11.4. The normalized spacial score (nSPS) is 11.1. The molecule has 6 heteroatoms. The van der Waals surface area contributed by atoms with Gasteiger partial charge in [0.1, 0.15) is 5.82 Å². The first-order valence-corrected chi connectivity index (χ1v) is 6.04. The van der Waals surface area contributed by atoms with Crippen molar-refractivity contribution >= 4 is 17.7 Å². The molecule has 0 fully saturated rings. The highest BCUT2D eigenvalue weighted by Gasteiger charge is 2.21. The van der Waals surface area contributed by atoms with E-state index in [0.717, 1.165) is 0 Å². The highest BCUT2D eigenvalue weighted by molar-refractivity contribution is 5.88. The van der Waals surface area contributed by atoms with Crippen molar-refractivity contribution in [3.63, 3.8) is 0 Å². The lowest BCUT2D eigenvalue weighted by atomic mass is 10.0. The number of carboxylic acid groups (broad SMARTS) is 1. The highest BCUT2D eigenvalue weighted by Crippen LogP contribution is 2.18. The van der Waals surface area contributed by atoms with Crippen molar-refractivity contribution < 1.29 is 14.7 Å². The van der Waals surface area contributed by atoms with Gasteiger partial charge in [0.15, 0.2) is 0 Å². The minimum Gasteiger partial charge on any atom is -0.478 e. The van der Waals surface area contributed by atoms with Crippen molar-refractivity contribution in [3.8, 4) is 0 Å². The van der Waals surface area contributed by atoms with Gasteiger partial charge in [-0.1, -0.05) is 6.92 Å². The van der Waals surface area contributed by atoms with Crippen molar-refractivity contribution in [2.24, 2.45) is 5.73 Å². The Labute approximate surface area is 112 Å². The number of amides is 1. The number of nitrogens with one attached hydrogen (secondary N) is 1. The summed E-state index contributed by atoms with van der Waals surface area (Å²) in [4.78, 5) is 26.3. The van der Waals surface area contributed by atoms with Gasteiger partial charge in [0, 0.05) is 17.7 Å². The molecule has 1 heterocycles. The van der Waals surface area contributed by atoms with Crippen LogP contribution in [0.5, 0.6) is 0 Å². The van der Waals surface area contributed by atoms with Crippen LogP contribution in [-0.4, -0.2) is 27.5 Å². The average Bonchev–Trinajstić information content (AvgIpc) is 2.25. The van der Waals surface area contributed by atoms with Gasteiger partial charge in [-0.05, 0) is 32.4 Å². The lowest BCUT2D eigenvalue weighted by molar-refractivity contribution is -0.118. The number of aromatic nitrogens is 1. The van der Waals surface area contributed by atoms with Gasteiger partial charge < -0.3 is 16.2 Å². The zero-order chi connectivity index (χ0) is 14.6. The van der Waals surface area contributed by atoms with Gasteiger partial charge in [-0.2, -0.15) is 0 Å². The molecule has 0 radical (unpaired) electrons. The molecule has 1 rings (SSSR count). The molecule has 0 unspecified atom stereocenters. The van der Waals surface area contributed by atoms with Crippen LogP contribution in [0.15, 0.2) is 12.1 Å². The second kappa shape index (κ2) is 5.69. The molecule has 19 heavy (non-hydrogen) atoms. The molecule has 1 aromatic rings. The van der Waals surface area contributed by atoms with Crippen LogP contribution in [0.25, 0.3) is 0 Å². The number of aromatic carboxylic acids is 1. The Hall–Kier alpha value is -2.11. The third-order valence-electron chi connectivity index (χ3n) is 2.57. The Morgan fingerprint density at radius 1 is 1.42 bits per heavy atom. The summed E-state index contributed by atoms with van der Waals surface area (Å²) in [6.45, 7) is 5.50. The lowest BCUT2D eigenvalue weighted by Gasteiger charge is -2.25. The minimum atomic E-state index is -1.01. The third-order valence-corrected chi connectivity index (χ3v) is 2.57. The zero-order valence-electron chi connectivity index (χ0n) is 11.4. The number of primary amides is 1. The Morgan fingerprint density at radius 3 is 2.53 bits per heavy atom. The predicted octanol–water partition coefficient (Wildman–Crippen LogP) is 1.41. The van der Waals surface area contributed by atoms with E-state index >= 15 is 0 Å². The smallest absolute Gasteiger partial charge is 0.335 e. The number of carbonyl (C=O) groups is 2. The van der Waals surface area contributed by atoms with E-state index in [1.54, 1.807) is 13.8 Å². The Balaban J connectivity index is 3.03. The van der Waals surface area contributed by atoms with E-state index in [2.05, 4.69) is 10.3 Å². The quantitative estimate of drug-likeness (QED) is 0.721. The number of hydrogen-bond donors (Lipinski definition) is 3. The molecule has 0 aromatic carbocycles. The summed E-state index contributed by atoms with van der Waals surface area (Å²) < 4.78 is 0. The van der Waals surface area contributed by atoms with Gasteiger partial charge in [0.25, 0.3) is 0 Å². The van der Waals surface area contributed by atoms with Crippen molar-refractivity contribution in [2.75, 3.05) is 5.32 Å². The molecule has 104 valence electrons. The van der Waals surface area contributed by atoms with E-state index in [9.17, 15) is 9.59 Å². The molecule has 0 saturated carbocycles. The fourth-order valence-corrected chi connectivity index (χ4v) is 1.78. The summed E-state index contributed by atoms with van der Waals surface area (Å²) in [5, 5.41) is 12.1. The molecule has 4 N–H and O–H groups in total. The van der Waals surface area contributed by atoms with Crippen molar-refractivity contribution in [3.05, 3.63) is 23.4 Å². The van der Waals surface area contributed by atoms with E-state index in [-0.39, 0.29) is 12.0 Å². The number of nitrogens with zero attached hydrogens (tertiary/aromatic N) is 1. The summed E-state index contributed by atoms with van der Waals surface area (Å²) in [7, 11) is 0. The lowest BCUT2D eigenvalue weighted by Crippen LogP contribution is -2.36. The number of pyridine rings is 1. The molecule has 0 spiro atoms. The summed E-state index contributed by atoms with van der Waals surface area (Å²) in [5.74, 6) is -1.00. The number of hydrogen-bond acceptors (Lipinski definition) is 4. The molecule has 1 aromatic heterocycles. The second-order valence-electron chi connectivity index (χ2n) is 5.04. The van der Waals surface area contributed by atoms with Gasteiger partial charge >= 0.3 is 5.97 Å². The first kappa shape index (κ1) is 14.9. The Kier molecular flexibility index (Phi) is 4.47. The standard InChI is InChI=1S/C13H19N3O3/c1-4-9-5-8(12(18)19)6-11(15-9)16-13(2,3)7-10(14)17/h5-6H,4,7H2,1-3H3,(H2,14,17)(H,15,16)(H,18,19). The average molecular weight is 265 g/mol. The van der Waals surface area contributed by atoms with Crippen LogP contribution in [0.4, 0.5) is 5.82 Å². The SMILES string of the molecule is CCc1cc(C(=O)O)cc(NC(C)(C)CC(N)=O)n1. The fraction of sp³-hybridized carbons (Fsp3) is 0.462. The van der Waals surface area contributed by atoms with E-state index < -0.39 is 17.4 Å². The van der Waals surface area contributed by atoms with E-state index in [4.69, 9.17) is 10.8 Å². The maximum Gasteiger partial charge on any atom is 0.335 e. The van der Waals surface area contributed by atoms with Gasteiger partial charge in [-0.25, -0.2) is 9.78 Å². The van der Waals surface area contributed by atoms with Gasteiger partial charge in [-0.3, -0.25) is 4.79 Å². The van der Waals surface area contributed by atoms with Crippen LogP contribution < -0.4 is 11.1 Å². The van der Waals surface area contributed by atoms with E-state index in [1.807, 2.05) is 6.92 Å². The fourth-order valence-electron chi connectivity index (χ4n) is 1.78. The first-order valence-electron chi connectivity index (χ1n) is 6.04. The van der Waals surface area contributed by atoms with E-state index in [0.29, 0.717) is 17.9 Å². The van der Waals surface area contributed by atoms with Gasteiger partial charge in [-0.15, -0.1) is 0 Å². The summed E-state index contributed by atoms with van der Waals surface area (Å²) in [5.41, 5.74) is 5.44. The highest BCUT2D eigenvalue weighted by atomic mass is 16.4. The molecule has 0 saturated heterocycles. The molecule has 0 aliphatic carbocycles. The number of carboxylic acids is 1. The number of rotatable bonds is 6. The second-order valence-corrected chi connectivity index (χ2v) is 5.04. The number of anilines is 1. The third kappa shape index (κ3) is 4.57. The number of carbonyl (C=O) groups excluding carboxylic acids is 1. The maximum atomic E-state index is 11.0. The largest absolute Gasteiger partial charge is 0.478 e. The maximum absolute atomic E-state index is 11.0. The van der Waals surface area contributed by atoms with Crippen LogP contribution in [0.1, 0.15) is 43.2 Å². The number of nitrogens with two attached hydrogens (primary N) is 1. The minimum absolute atomic E-state index is 0.132. The number of aryl methyl sites for hydroxylation is 1. The van der Waals surface area contributed by atoms with Crippen molar-refractivity contribution in [1.82, 2.24) is 4.98 Å². The Bertz CT molecular complexity index is 498.